The van der Waals surface area contributed by atoms with Crippen LogP contribution in [0.25, 0.3) is 0 Å². The summed E-state index contributed by atoms with van der Waals surface area (Å²) in [7, 11) is 0. The molecule has 0 unspecified atom stereocenters. The molecular weight excluding hydrogens is 461 g/mol. The molecule has 0 aliphatic rings. The number of benzene rings is 1. The number of carbonyl (C=O) groups is 1. The van der Waals surface area contributed by atoms with Crippen LogP contribution in [0, 0.1) is 0 Å². The number of hydrogen-bond acceptors (Lipinski definition) is 6. The maximum Gasteiger partial charge on any atom is 0.416 e. The zero-order chi connectivity index (χ0) is 23.8. The van der Waals surface area contributed by atoms with Crippen molar-refractivity contribution in [2.45, 2.75) is 45.3 Å². The summed E-state index contributed by atoms with van der Waals surface area (Å²) in [4.78, 5) is 19.3. The molecule has 2 aromatic heterocycles. The molecule has 2 heterocycles. The summed E-state index contributed by atoms with van der Waals surface area (Å²) in [5.41, 5.74) is 0.219. The minimum atomic E-state index is -4.38. The molecule has 0 spiro atoms. The Balaban J connectivity index is 1.49. The van der Waals surface area contributed by atoms with E-state index in [2.05, 4.69) is 43.1 Å². The van der Waals surface area contributed by atoms with Crippen LogP contribution < -0.4 is 10.6 Å². The Kier molecular flexibility index (Phi) is 8.26. The number of alkyl halides is 3. The summed E-state index contributed by atoms with van der Waals surface area (Å²) in [6.45, 7) is 3.52. The van der Waals surface area contributed by atoms with Crippen molar-refractivity contribution in [2.75, 3.05) is 18.4 Å². The van der Waals surface area contributed by atoms with Crippen LogP contribution >= 0.6 is 11.6 Å². The van der Waals surface area contributed by atoms with Crippen molar-refractivity contribution >= 4 is 23.3 Å². The number of tetrazole rings is 1. The van der Waals surface area contributed by atoms with Crippen LogP contribution in [-0.2, 0) is 19.1 Å². The second-order valence-electron chi connectivity index (χ2n) is 7.33. The molecule has 0 saturated carbocycles. The first-order valence-corrected chi connectivity index (χ1v) is 10.8. The number of carbonyl (C=O) groups excluding carboxylic acids is 1. The Morgan fingerprint density at radius 3 is 2.64 bits per heavy atom. The van der Waals surface area contributed by atoms with Gasteiger partial charge in [0, 0.05) is 26.1 Å². The Morgan fingerprint density at radius 2 is 1.94 bits per heavy atom. The minimum Gasteiger partial charge on any atom is -0.368 e. The molecule has 0 aliphatic carbocycles. The number of unbranched alkanes of at least 4 members (excludes halogenated alkanes) is 1. The first-order chi connectivity index (χ1) is 15.8. The lowest BCUT2D eigenvalue weighted by atomic mass is 10.1. The predicted molar refractivity (Wildman–Crippen MR) is 116 cm³/mol. The Labute approximate surface area is 193 Å². The summed E-state index contributed by atoms with van der Waals surface area (Å²) < 4.78 is 39.7. The molecule has 0 radical (unpaired) electrons. The summed E-state index contributed by atoms with van der Waals surface area (Å²) in [6.07, 6.45) is -1.61. The van der Waals surface area contributed by atoms with Crippen LogP contribution in [0.2, 0.25) is 5.28 Å². The van der Waals surface area contributed by atoms with Gasteiger partial charge >= 0.3 is 6.18 Å². The summed E-state index contributed by atoms with van der Waals surface area (Å²) in [5.74, 6) is 0.587. The lowest BCUT2D eigenvalue weighted by Gasteiger charge is -2.09. The van der Waals surface area contributed by atoms with Gasteiger partial charge in [0.25, 0.3) is 5.91 Å². The minimum absolute atomic E-state index is 0.126. The lowest BCUT2D eigenvalue weighted by Crippen LogP contribution is -2.27. The maximum atomic E-state index is 12.7. The van der Waals surface area contributed by atoms with Crippen LogP contribution in [0.3, 0.4) is 0 Å². The van der Waals surface area contributed by atoms with E-state index < -0.39 is 11.7 Å². The van der Waals surface area contributed by atoms with E-state index >= 15 is 0 Å². The van der Waals surface area contributed by atoms with Crippen LogP contribution in [0.4, 0.5) is 19.0 Å². The van der Waals surface area contributed by atoms with Gasteiger partial charge in [-0.3, -0.25) is 4.79 Å². The fourth-order valence-electron chi connectivity index (χ4n) is 3.06. The van der Waals surface area contributed by atoms with Crippen molar-refractivity contribution in [1.82, 2.24) is 35.5 Å². The van der Waals surface area contributed by atoms with Gasteiger partial charge in [-0.25, -0.2) is 9.67 Å². The quantitative estimate of drug-likeness (QED) is 0.358. The third kappa shape index (κ3) is 6.91. The maximum absolute atomic E-state index is 12.7. The number of aromatic nitrogens is 6. The lowest BCUT2D eigenvalue weighted by molar-refractivity contribution is -0.137. The number of nitrogens with one attached hydrogen (secondary N) is 3. The SMILES string of the molecule is CCCCNc1nc(Cl)[nH]c1C(=O)NCCCn1nnnc1Cc1ccc(C(F)(F)F)cc1. The summed E-state index contributed by atoms with van der Waals surface area (Å²) >= 11 is 5.90. The largest absolute Gasteiger partial charge is 0.416 e. The first-order valence-electron chi connectivity index (χ1n) is 10.5. The van der Waals surface area contributed by atoms with Gasteiger partial charge in [0.05, 0.1) is 5.56 Å². The molecule has 0 fully saturated rings. The number of halogens is 4. The van der Waals surface area contributed by atoms with E-state index in [0.29, 0.717) is 43.3 Å². The fourth-order valence-corrected chi connectivity index (χ4v) is 3.24. The Hall–Kier alpha value is -3.15. The first kappa shape index (κ1) is 24.5. The van der Waals surface area contributed by atoms with Crippen molar-refractivity contribution in [1.29, 1.82) is 0 Å². The van der Waals surface area contributed by atoms with Gasteiger partial charge in [-0.15, -0.1) is 5.10 Å². The highest BCUT2D eigenvalue weighted by Crippen LogP contribution is 2.29. The molecule has 0 atom stereocenters. The van der Waals surface area contributed by atoms with Crippen LogP contribution in [0.5, 0.6) is 0 Å². The number of nitrogens with zero attached hydrogens (tertiary/aromatic N) is 5. The van der Waals surface area contributed by atoms with Gasteiger partial charge in [-0.05, 0) is 52.6 Å². The Bertz CT molecular complexity index is 1050. The van der Waals surface area contributed by atoms with E-state index in [0.717, 1.165) is 25.0 Å². The molecule has 3 aromatic rings. The average molecular weight is 485 g/mol. The molecule has 3 N–H and O–H groups in total. The molecule has 0 bridgehead atoms. The van der Waals surface area contributed by atoms with Gasteiger partial charge < -0.3 is 15.6 Å². The van der Waals surface area contributed by atoms with Crippen molar-refractivity contribution < 1.29 is 18.0 Å². The summed E-state index contributed by atoms with van der Waals surface area (Å²) in [5, 5.41) is 17.5. The molecule has 13 heteroatoms. The van der Waals surface area contributed by atoms with Crippen LogP contribution in [0.1, 0.15) is 53.6 Å². The number of H-pyrrole nitrogens is 1. The molecule has 33 heavy (non-hydrogen) atoms. The van der Waals surface area contributed by atoms with E-state index in [9.17, 15) is 18.0 Å². The van der Waals surface area contributed by atoms with E-state index in [1.807, 2.05) is 0 Å². The van der Waals surface area contributed by atoms with Gasteiger partial charge in [-0.2, -0.15) is 13.2 Å². The molecular formula is C20H24ClF3N8O. The van der Waals surface area contributed by atoms with E-state index in [1.54, 1.807) is 4.68 Å². The van der Waals surface area contributed by atoms with Gasteiger partial charge in [0.2, 0.25) is 5.28 Å². The number of amides is 1. The van der Waals surface area contributed by atoms with Crippen molar-refractivity contribution in [3.05, 3.63) is 52.2 Å². The van der Waals surface area contributed by atoms with E-state index in [-0.39, 0.29) is 23.3 Å². The predicted octanol–water partition coefficient (Wildman–Crippen LogP) is 3.69. The summed E-state index contributed by atoms with van der Waals surface area (Å²) in [6, 6.07) is 4.88. The second-order valence-corrected chi connectivity index (χ2v) is 7.69. The zero-order valence-electron chi connectivity index (χ0n) is 17.9. The van der Waals surface area contributed by atoms with Crippen LogP contribution in [0.15, 0.2) is 24.3 Å². The third-order valence-corrected chi connectivity index (χ3v) is 4.99. The molecule has 1 amide bonds. The number of aryl methyl sites for hydroxylation is 1. The number of hydrogen-bond donors (Lipinski definition) is 3. The van der Waals surface area contributed by atoms with Gasteiger partial charge in [0.15, 0.2) is 11.6 Å². The van der Waals surface area contributed by atoms with Crippen molar-refractivity contribution in [3.63, 3.8) is 0 Å². The van der Waals surface area contributed by atoms with Crippen molar-refractivity contribution in [3.8, 4) is 0 Å². The average Bonchev–Trinajstić information content (AvgIpc) is 3.37. The van der Waals surface area contributed by atoms with E-state index in [4.69, 9.17) is 11.6 Å². The number of aromatic amines is 1. The van der Waals surface area contributed by atoms with Gasteiger partial charge in [-0.1, -0.05) is 25.5 Å². The molecule has 0 saturated heterocycles. The molecule has 9 nitrogen and oxygen atoms in total. The highest BCUT2D eigenvalue weighted by atomic mass is 35.5. The fraction of sp³-hybridized carbons (Fsp3) is 0.450. The standard InChI is InChI=1S/C20H24ClF3N8O/c1-2-3-9-25-17-16(27-19(21)28-17)18(33)26-10-4-11-32-15(29-30-31-32)12-13-5-7-14(8-6-13)20(22,23)24/h5-8,25H,2-4,9-12H2,1H3,(H,26,33)(H,27,28). The zero-order valence-corrected chi connectivity index (χ0v) is 18.7. The Morgan fingerprint density at radius 1 is 1.18 bits per heavy atom. The number of imidazole rings is 1. The third-order valence-electron chi connectivity index (χ3n) is 4.81. The smallest absolute Gasteiger partial charge is 0.368 e. The van der Waals surface area contributed by atoms with Crippen LogP contribution in [-0.4, -0.2) is 49.2 Å². The molecule has 1 aromatic carbocycles. The number of anilines is 1. The highest BCUT2D eigenvalue weighted by Gasteiger charge is 2.30. The second kappa shape index (κ2) is 11.1. The van der Waals surface area contributed by atoms with Crippen molar-refractivity contribution in [2.24, 2.45) is 0 Å². The highest BCUT2D eigenvalue weighted by molar-refractivity contribution is 6.28. The molecule has 178 valence electrons. The molecule has 3 rings (SSSR count). The van der Waals surface area contributed by atoms with E-state index in [1.165, 1.54) is 12.1 Å². The molecule has 0 aliphatic heterocycles. The number of rotatable bonds is 11. The normalized spacial score (nSPS) is 11.5. The monoisotopic (exact) mass is 484 g/mol. The van der Waals surface area contributed by atoms with Gasteiger partial charge in [0.1, 0.15) is 5.69 Å². The topological polar surface area (TPSA) is 113 Å².